The van der Waals surface area contributed by atoms with Gasteiger partial charge < -0.3 is 10.1 Å². The molecule has 1 saturated carbocycles. The Hall–Kier alpha value is -1.07. The highest BCUT2D eigenvalue weighted by Gasteiger charge is 2.24. The third kappa shape index (κ3) is 4.71. The van der Waals surface area contributed by atoms with E-state index in [9.17, 15) is 4.79 Å². The molecule has 1 aliphatic rings. The van der Waals surface area contributed by atoms with Crippen molar-refractivity contribution in [3.8, 4) is 0 Å². The zero-order valence-electron chi connectivity index (χ0n) is 13.0. The van der Waals surface area contributed by atoms with E-state index in [-0.39, 0.29) is 11.0 Å². The standard InChI is InChI=1S/C15H24ClN3O2/c1-15(2,6-7-21-3)10-17-13-12(16)8-18-19(14(13)20)9-11-4-5-11/h8,11,17H,4-7,9-10H2,1-3H3. The topological polar surface area (TPSA) is 56.1 Å². The lowest BCUT2D eigenvalue weighted by atomic mass is 9.89. The second-order valence-corrected chi connectivity index (χ2v) is 6.97. The van der Waals surface area contributed by atoms with E-state index in [1.54, 1.807) is 13.3 Å². The maximum Gasteiger partial charge on any atom is 0.291 e. The molecule has 6 heteroatoms. The zero-order valence-corrected chi connectivity index (χ0v) is 13.7. The van der Waals surface area contributed by atoms with Gasteiger partial charge in [0.2, 0.25) is 0 Å². The number of nitrogens with one attached hydrogen (secondary N) is 1. The summed E-state index contributed by atoms with van der Waals surface area (Å²) in [4.78, 5) is 12.4. The Morgan fingerprint density at radius 3 is 2.86 bits per heavy atom. The molecule has 1 N–H and O–H groups in total. The molecule has 0 bridgehead atoms. The molecule has 0 atom stereocenters. The summed E-state index contributed by atoms with van der Waals surface area (Å²) >= 11 is 6.12. The van der Waals surface area contributed by atoms with Crippen LogP contribution in [0.4, 0.5) is 5.69 Å². The maximum atomic E-state index is 12.4. The molecule has 0 aliphatic heterocycles. The quantitative estimate of drug-likeness (QED) is 0.802. The summed E-state index contributed by atoms with van der Waals surface area (Å²) in [7, 11) is 1.69. The van der Waals surface area contributed by atoms with E-state index < -0.39 is 0 Å². The molecule has 0 spiro atoms. The smallest absolute Gasteiger partial charge is 0.291 e. The first-order valence-corrected chi connectivity index (χ1v) is 7.79. The van der Waals surface area contributed by atoms with Crippen molar-refractivity contribution in [1.29, 1.82) is 0 Å². The van der Waals surface area contributed by atoms with Crippen molar-refractivity contribution in [3.05, 3.63) is 21.6 Å². The third-order valence-electron chi connectivity index (χ3n) is 3.85. The fourth-order valence-corrected chi connectivity index (χ4v) is 2.29. The van der Waals surface area contributed by atoms with Crippen LogP contribution in [0.25, 0.3) is 0 Å². The number of hydrogen-bond acceptors (Lipinski definition) is 4. The predicted molar refractivity (Wildman–Crippen MR) is 85.0 cm³/mol. The predicted octanol–water partition coefficient (Wildman–Crippen LogP) is 2.78. The van der Waals surface area contributed by atoms with Gasteiger partial charge in [-0.25, -0.2) is 4.68 Å². The van der Waals surface area contributed by atoms with Gasteiger partial charge in [0.1, 0.15) is 5.69 Å². The van der Waals surface area contributed by atoms with E-state index in [0.29, 0.717) is 36.3 Å². The number of ether oxygens (including phenoxy) is 1. The van der Waals surface area contributed by atoms with Gasteiger partial charge in [0.25, 0.3) is 5.56 Å². The Balaban J connectivity index is 2.06. The molecule has 118 valence electrons. The Kier molecular flexibility index (Phi) is 5.27. The van der Waals surface area contributed by atoms with Crippen molar-refractivity contribution in [2.24, 2.45) is 11.3 Å². The van der Waals surface area contributed by atoms with Crippen LogP contribution in [0.2, 0.25) is 5.02 Å². The molecule has 0 unspecified atom stereocenters. The normalized spacial score (nSPS) is 15.2. The lowest BCUT2D eigenvalue weighted by Gasteiger charge is -2.25. The summed E-state index contributed by atoms with van der Waals surface area (Å²) in [5, 5.41) is 7.71. The summed E-state index contributed by atoms with van der Waals surface area (Å²) in [6.07, 6.45) is 4.83. The van der Waals surface area contributed by atoms with Gasteiger partial charge in [0.05, 0.1) is 11.2 Å². The molecule has 0 radical (unpaired) electrons. The number of aromatic nitrogens is 2. The highest BCUT2D eigenvalue weighted by Crippen LogP contribution is 2.30. The van der Waals surface area contributed by atoms with Gasteiger partial charge in [-0.3, -0.25) is 4.79 Å². The highest BCUT2D eigenvalue weighted by molar-refractivity contribution is 6.32. The molecular weight excluding hydrogens is 290 g/mol. The van der Waals surface area contributed by atoms with Crippen LogP contribution in [0.3, 0.4) is 0 Å². The summed E-state index contributed by atoms with van der Waals surface area (Å²) < 4.78 is 6.64. The van der Waals surface area contributed by atoms with E-state index in [1.165, 1.54) is 17.5 Å². The summed E-state index contributed by atoms with van der Waals surface area (Å²) in [5.74, 6) is 0.599. The first-order valence-electron chi connectivity index (χ1n) is 7.41. The molecular formula is C15H24ClN3O2. The number of anilines is 1. The lowest BCUT2D eigenvalue weighted by Crippen LogP contribution is -2.31. The van der Waals surface area contributed by atoms with Crippen molar-refractivity contribution in [2.45, 2.75) is 39.7 Å². The summed E-state index contributed by atoms with van der Waals surface area (Å²) in [6.45, 7) is 6.33. The summed E-state index contributed by atoms with van der Waals surface area (Å²) in [5.41, 5.74) is 0.353. The summed E-state index contributed by atoms with van der Waals surface area (Å²) in [6, 6.07) is 0. The Labute approximate surface area is 130 Å². The van der Waals surface area contributed by atoms with Crippen LogP contribution in [-0.2, 0) is 11.3 Å². The third-order valence-corrected chi connectivity index (χ3v) is 4.14. The van der Waals surface area contributed by atoms with Crippen LogP contribution in [0.15, 0.2) is 11.0 Å². The average Bonchev–Trinajstić information content (AvgIpc) is 3.24. The van der Waals surface area contributed by atoms with Gasteiger partial charge in [-0.1, -0.05) is 25.4 Å². The molecule has 5 nitrogen and oxygen atoms in total. The number of methoxy groups -OCH3 is 1. The second kappa shape index (κ2) is 6.79. The van der Waals surface area contributed by atoms with Crippen molar-refractivity contribution < 1.29 is 4.74 Å². The van der Waals surface area contributed by atoms with Crippen molar-refractivity contribution in [3.63, 3.8) is 0 Å². The minimum Gasteiger partial charge on any atom is -0.385 e. The van der Waals surface area contributed by atoms with Crippen molar-refractivity contribution in [1.82, 2.24) is 9.78 Å². The highest BCUT2D eigenvalue weighted by atomic mass is 35.5. The van der Waals surface area contributed by atoms with Crippen LogP contribution in [-0.4, -0.2) is 30.0 Å². The van der Waals surface area contributed by atoms with Crippen LogP contribution < -0.4 is 10.9 Å². The maximum absolute atomic E-state index is 12.4. The molecule has 1 fully saturated rings. The molecule has 0 aromatic carbocycles. The second-order valence-electron chi connectivity index (χ2n) is 6.56. The number of halogens is 1. The van der Waals surface area contributed by atoms with Gasteiger partial charge in [0.15, 0.2) is 0 Å². The van der Waals surface area contributed by atoms with E-state index in [0.717, 1.165) is 6.42 Å². The zero-order chi connectivity index (χ0) is 15.5. The van der Waals surface area contributed by atoms with Gasteiger partial charge in [-0.15, -0.1) is 0 Å². The molecule has 1 aliphatic carbocycles. The van der Waals surface area contributed by atoms with E-state index in [1.807, 2.05) is 0 Å². The Morgan fingerprint density at radius 1 is 1.52 bits per heavy atom. The van der Waals surface area contributed by atoms with Gasteiger partial charge in [0, 0.05) is 26.8 Å². The van der Waals surface area contributed by atoms with E-state index in [2.05, 4.69) is 24.3 Å². The number of rotatable bonds is 8. The molecule has 1 heterocycles. The fraction of sp³-hybridized carbons (Fsp3) is 0.733. The minimum absolute atomic E-state index is 0.0242. The van der Waals surface area contributed by atoms with Gasteiger partial charge in [-0.05, 0) is 30.6 Å². The first-order chi connectivity index (χ1) is 9.93. The molecule has 21 heavy (non-hydrogen) atoms. The van der Waals surface area contributed by atoms with Crippen LogP contribution in [0.5, 0.6) is 0 Å². The number of nitrogens with zero attached hydrogens (tertiary/aromatic N) is 2. The number of hydrogen-bond donors (Lipinski definition) is 1. The molecule has 0 saturated heterocycles. The van der Waals surface area contributed by atoms with Crippen LogP contribution >= 0.6 is 11.6 Å². The molecule has 1 aromatic rings. The Bertz CT molecular complexity index is 538. The van der Waals surface area contributed by atoms with Crippen molar-refractivity contribution >= 4 is 17.3 Å². The van der Waals surface area contributed by atoms with Crippen LogP contribution in [0.1, 0.15) is 33.1 Å². The van der Waals surface area contributed by atoms with Crippen molar-refractivity contribution in [2.75, 3.05) is 25.6 Å². The monoisotopic (exact) mass is 313 g/mol. The fourth-order valence-electron chi connectivity index (χ4n) is 2.10. The SMILES string of the molecule is COCCC(C)(C)CNc1c(Cl)cnn(CC2CC2)c1=O. The minimum atomic E-state index is -0.128. The Morgan fingerprint density at radius 2 is 2.24 bits per heavy atom. The largest absolute Gasteiger partial charge is 0.385 e. The molecule has 1 aromatic heterocycles. The molecule has 0 amide bonds. The van der Waals surface area contributed by atoms with Crippen LogP contribution in [0, 0.1) is 11.3 Å². The van der Waals surface area contributed by atoms with Gasteiger partial charge in [-0.2, -0.15) is 5.10 Å². The lowest BCUT2D eigenvalue weighted by molar-refractivity contribution is 0.157. The average molecular weight is 314 g/mol. The van der Waals surface area contributed by atoms with E-state index >= 15 is 0 Å². The first kappa shape index (κ1) is 16.3. The van der Waals surface area contributed by atoms with E-state index in [4.69, 9.17) is 16.3 Å². The molecule has 2 rings (SSSR count). The van der Waals surface area contributed by atoms with Gasteiger partial charge >= 0.3 is 0 Å².